The lowest BCUT2D eigenvalue weighted by molar-refractivity contribution is 0.163. The van der Waals surface area contributed by atoms with Crippen molar-refractivity contribution in [2.75, 3.05) is 5.48 Å². The first kappa shape index (κ1) is 9.44. The number of hydrogen-bond acceptors (Lipinski definition) is 2. The van der Waals surface area contributed by atoms with Crippen LogP contribution in [0.3, 0.4) is 0 Å². The van der Waals surface area contributed by atoms with Crippen molar-refractivity contribution in [2.45, 2.75) is 0 Å². The Morgan fingerprint density at radius 3 is 2.23 bits per heavy atom. The van der Waals surface area contributed by atoms with E-state index in [-0.39, 0.29) is 0 Å². The number of hydrogen-bond donors (Lipinski definition) is 1. The molecule has 1 rings (SSSR count). The van der Waals surface area contributed by atoms with Crippen LogP contribution in [0, 0.1) is 0 Å². The molecule has 2 nitrogen and oxygen atoms in total. The summed E-state index contributed by atoms with van der Waals surface area (Å²) < 4.78 is 35.0. The lowest BCUT2D eigenvalue weighted by atomic mass is 10.3. The normalized spacial score (nSPS) is 9.15. The second-order valence-corrected chi connectivity index (χ2v) is 2.10. The maximum absolute atomic E-state index is 12.1. The van der Waals surface area contributed by atoms with Crippen LogP contribution in [0.2, 0.25) is 0 Å². The van der Waals surface area contributed by atoms with E-state index < -0.39 is 12.1 Å². The fourth-order valence-electron chi connectivity index (χ4n) is 0.648. The SMILES string of the molecule is FC(F)=C(F)ONc1ccccc1. The zero-order valence-electron chi connectivity index (χ0n) is 6.43. The number of benzene rings is 1. The van der Waals surface area contributed by atoms with Crippen LogP contribution in [0.15, 0.2) is 42.4 Å². The van der Waals surface area contributed by atoms with Crippen molar-refractivity contribution in [3.8, 4) is 0 Å². The van der Waals surface area contributed by atoms with Crippen LogP contribution in [0.5, 0.6) is 0 Å². The van der Waals surface area contributed by atoms with Crippen molar-refractivity contribution in [2.24, 2.45) is 0 Å². The van der Waals surface area contributed by atoms with Gasteiger partial charge in [-0.05, 0) is 12.1 Å². The first-order valence-electron chi connectivity index (χ1n) is 3.39. The number of rotatable bonds is 3. The van der Waals surface area contributed by atoms with Gasteiger partial charge < -0.3 is 4.84 Å². The van der Waals surface area contributed by atoms with Crippen molar-refractivity contribution in [3.63, 3.8) is 0 Å². The van der Waals surface area contributed by atoms with E-state index in [4.69, 9.17) is 0 Å². The van der Waals surface area contributed by atoms with E-state index in [1.807, 2.05) is 5.48 Å². The molecule has 1 aromatic rings. The van der Waals surface area contributed by atoms with Crippen LogP contribution in [0.25, 0.3) is 0 Å². The minimum Gasteiger partial charge on any atom is -0.345 e. The topological polar surface area (TPSA) is 21.3 Å². The summed E-state index contributed by atoms with van der Waals surface area (Å²) in [4.78, 5) is 3.90. The molecule has 0 radical (unpaired) electrons. The molecule has 0 bridgehead atoms. The molecule has 1 aromatic carbocycles. The Kier molecular flexibility index (Phi) is 3.19. The lowest BCUT2D eigenvalue weighted by Gasteiger charge is -2.03. The quantitative estimate of drug-likeness (QED) is 0.582. The summed E-state index contributed by atoms with van der Waals surface area (Å²) in [7, 11) is 0. The molecule has 0 aliphatic rings. The minimum atomic E-state index is -2.50. The minimum absolute atomic E-state index is 0.388. The van der Waals surface area contributed by atoms with Crippen molar-refractivity contribution in [1.82, 2.24) is 0 Å². The Hall–Kier alpha value is -1.65. The predicted molar refractivity (Wildman–Crippen MR) is 41.5 cm³/mol. The van der Waals surface area contributed by atoms with Crippen molar-refractivity contribution < 1.29 is 18.0 Å². The zero-order valence-corrected chi connectivity index (χ0v) is 6.43. The molecule has 0 saturated carbocycles. The fraction of sp³-hybridized carbons (Fsp3) is 0. The molecule has 1 N–H and O–H groups in total. The van der Waals surface area contributed by atoms with E-state index in [1.54, 1.807) is 30.3 Å². The summed E-state index contributed by atoms with van der Waals surface area (Å²) >= 11 is 0. The van der Waals surface area contributed by atoms with Gasteiger partial charge in [-0.2, -0.15) is 13.2 Å². The van der Waals surface area contributed by atoms with E-state index >= 15 is 0 Å². The van der Waals surface area contributed by atoms with Crippen LogP contribution >= 0.6 is 0 Å². The van der Waals surface area contributed by atoms with E-state index in [1.165, 1.54) is 0 Å². The molecule has 0 atom stereocenters. The van der Waals surface area contributed by atoms with Gasteiger partial charge in [-0.25, -0.2) is 5.48 Å². The molecule has 0 aliphatic heterocycles. The van der Waals surface area contributed by atoms with Crippen LogP contribution in [-0.2, 0) is 4.84 Å². The first-order chi connectivity index (χ1) is 6.20. The van der Waals surface area contributed by atoms with Gasteiger partial charge in [0.05, 0.1) is 5.69 Å². The number of halogens is 3. The average molecular weight is 189 g/mol. The van der Waals surface area contributed by atoms with Gasteiger partial charge in [0.25, 0.3) is 0 Å². The molecule has 0 fully saturated rings. The van der Waals surface area contributed by atoms with Gasteiger partial charge in [0.2, 0.25) is 0 Å². The van der Waals surface area contributed by atoms with E-state index in [9.17, 15) is 13.2 Å². The summed E-state index contributed by atoms with van der Waals surface area (Å²) in [6.07, 6.45) is -2.50. The molecule has 0 saturated heterocycles. The summed E-state index contributed by atoms with van der Waals surface area (Å²) in [5, 5.41) is 0. The summed E-state index contributed by atoms with van der Waals surface area (Å²) in [5.41, 5.74) is 2.40. The Bertz CT molecular complexity index is 296. The summed E-state index contributed by atoms with van der Waals surface area (Å²) in [6, 6.07) is 6.20. The summed E-state index contributed by atoms with van der Waals surface area (Å²) in [5.74, 6) is 0. The second-order valence-electron chi connectivity index (χ2n) is 2.10. The third kappa shape index (κ3) is 3.06. The predicted octanol–water partition coefficient (Wildman–Crippen LogP) is 3.07. The molecule has 0 aliphatic carbocycles. The maximum atomic E-state index is 12.1. The van der Waals surface area contributed by atoms with Gasteiger partial charge >= 0.3 is 12.1 Å². The molecule has 0 heterocycles. The van der Waals surface area contributed by atoms with Crippen molar-refractivity contribution in [1.29, 1.82) is 0 Å². The van der Waals surface area contributed by atoms with Gasteiger partial charge in [0.15, 0.2) is 0 Å². The second kappa shape index (κ2) is 4.39. The molecule has 0 spiro atoms. The highest BCUT2D eigenvalue weighted by atomic mass is 19.3. The number of nitrogens with one attached hydrogen (secondary N) is 1. The van der Waals surface area contributed by atoms with E-state index in [2.05, 4.69) is 4.84 Å². The van der Waals surface area contributed by atoms with Crippen LogP contribution < -0.4 is 5.48 Å². The molecule has 70 valence electrons. The zero-order chi connectivity index (χ0) is 9.68. The van der Waals surface area contributed by atoms with E-state index in [0.717, 1.165) is 0 Å². The molecule has 5 heteroatoms. The van der Waals surface area contributed by atoms with Gasteiger partial charge in [0.1, 0.15) is 0 Å². The lowest BCUT2D eigenvalue weighted by Crippen LogP contribution is -1.98. The Labute approximate surface area is 72.6 Å². The smallest absolute Gasteiger partial charge is 0.345 e. The molecular formula is C8H6F3NO. The van der Waals surface area contributed by atoms with Crippen LogP contribution in [0.4, 0.5) is 18.9 Å². The third-order valence-electron chi connectivity index (χ3n) is 1.18. The molecule has 0 aromatic heterocycles. The van der Waals surface area contributed by atoms with Crippen LogP contribution in [0.1, 0.15) is 0 Å². The highest BCUT2D eigenvalue weighted by Gasteiger charge is 2.05. The highest BCUT2D eigenvalue weighted by molar-refractivity contribution is 5.40. The molecule has 0 unspecified atom stereocenters. The molecule has 0 amide bonds. The van der Waals surface area contributed by atoms with Crippen LogP contribution in [-0.4, -0.2) is 0 Å². The van der Waals surface area contributed by atoms with Gasteiger partial charge in [-0.1, -0.05) is 18.2 Å². The Morgan fingerprint density at radius 2 is 1.69 bits per heavy atom. The maximum Gasteiger partial charge on any atom is 0.365 e. The van der Waals surface area contributed by atoms with E-state index in [0.29, 0.717) is 5.69 Å². The van der Waals surface area contributed by atoms with Crippen molar-refractivity contribution in [3.05, 3.63) is 42.4 Å². The number of anilines is 1. The molecule has 13 heavy (non-hydrogen) atoms. The largest absolute Gasteiger partial charge is 0.365 e. The van der Waals surface area contributed by atoms with Gasteiger partial charge in [-0.3, -0.25) is 0 Å². The fourth-order valence-corrected chi connectivity index (χ4v) is 0.648. The Morgan fingerprint density at radius 1 is 1.08 bits per heavy atom. The van der Waals surface area contributed by atoms with Crippen molar-refractivity contribution >= 4 is 5.69 Å². The Balaban J connectivity index is 2.49. The average Bonchev–Trinajstić information content (AvgIpc) is 2.15. The number of para-hydroxylation sites is 1. The van der Waals surface area contributed by atoms with Gasteiger partial charge in [0, 0.05) is 0 Å². The van der Waals surface area contributed by atoms with Gasteiger partial charge in [-0.15, -0.1) is 0 Å². The monoisotopic (exact) mass is 189 g/mol. The first-order valence-corrected chi connectivity index (χ1v) is 3.39. The highest BCUT2D eigenvalue weighted by Crippen LogP contribution is 2.12. The molecular weight excluding hydrogens is 183 g/mol. The standard InChI is InChI=1S/C8H6F3NO/c9-7(10)8(11)13-12-6-4-2-1-3-5-6/h1-5,12H. The third-order valence-corrected chi connectivity index (χ3v) is 1.18. The summed E-state index contributed by atoms with van der Waals surface area (Å²) in [6.45, 7) is 0.